The molecule has 0 aliphatic carbocycles. The summed E-state index contributed by atoms with van der Waals surface area (Å²) < 4.78 is 15.6. The molecule has 6 heteroatoms. The van der Waals surface area contributed by atoms with Crippen molar-refractivity contribution in [1.82, 2.24) is 0 Å². The van der Waals surface area contributed by atoms with Crippen LogP contribution in [0, 0.1) is 0 Å². The minimum Gasteiger partial charge on any atom is -0.491 e. The molecule has 0 fully saturated rings. The van der Waals surface area contributed by atoms with E-state index in [1.165, 1.54) is 19.2 Å². The molecule has 0 saturated heterocycles. The lowest BCUT2D eigenvalue weighted by atomic mass is 10.1. The Labute approximate surface area is 123 Å². The quantitative estimate of drug-likeness (QED) is 0.646. The highest BCUT2D eigenvalue weighted by Gasteiger charge is 2.20. The number of benzene rings is 1. The molecule has 0 bridgehead atoms. The zero-order valence-corrected chi connectivity index (χ0v) is 12.9. The van der Waals surface area contributed by atoms with E-state index in [9.17, 15) is 4.79 Å². The number of halogens is 1. The van der Waals surface area contributed by atoms with Gasteiger partial charge in [0.1, 0.15) is 5.56 Å². The summed E-state index contributed by atoms with van der Waals surface area (Å²) in [7, 11) is 2.92. The van der Waals surface area contributed by atoms with Crippen molar-refractivity contribution < 1.29 is 19.0 Å². The number of carbonyl (C=O) groups is 1. The van der Waals surface area contributed by atoms with Gasteiger partial charge in [0.15, 0.2) is 5.75 Å². The molecule has 0 aliphatic rings. The third kappa shape index (κ3) is 4.28. The van der Waals surface area contributed by atoms with Crippen molar-refractivity contribution in [2.24, 2.45) is 0 Å². The summed E-state index contributed by atoms with van der Waals surface area (Å²) in [5, 5.41) is 0.278. The number of nitrogen functional groups attached to an aromatic ring is 1. The van der Waals surface area contributed by atoms with E-state index < -0.39 is 5.97 Å². The van der Waals surface area contributed by atoms with E-state index in [2.05, 4.69) is 0 Å². The van der Waals surface area contributed by atoms with Crippen LogP contribution < -0.4 is 10.5 Å². The molecule has 2 N–H and O–H groups in total. The molecule has 0 heterocycles. The first-order chi connectivity index (χ1) is 9.30. The third-order valence-electron chi connectivity index (χ3n) is 2.97. The highest BCUT2D eigenvalue weighted by Crippen LogP contribution is 2.32. The summed E-state index contributed by atoms with van der Waals surface area (Å²) in [6, 6.07) is 3.01. The molecule has 0 saturated carbocycles. The lowest BCUT2D eigenvalue weighted by Crippen LogP contribution is -2.25. The van der Waals surface area contributed by atoms with E-state index in [0.717, 1.165) is 0 Å². The summed E-state index contributed by atoms with van der Waals surface area (Å²) in [5.74, 6) is -0.264. The predicted octanol–water partition coefficient (Wildman–Crippen LogP) is 2.90. The Hall–Kier alpha value is -1.46. The lowest BCUT2D eigenvalue weighted by molar-refractivity contribution is 0.00536. The number of hydrogen-bond donors (Lipinski definition) is 1. The van der Waals surface area contributed by atoms with Crippen LogP contribution >= 0.6 is 11.6 Å². The van der Waals surface area contributed by atoms with Crippen LogP contribution in [0.1, 0.15) is 30.6 Å². The van der Waals surface area contributed by atoms with Gasteiger partial charge < -0.3 is 19.9 Å². The smallest absolute Gasteiger partial charge is 0.341 e. The number of anilines is 1. The van der Waals surface area contributed by atoms with E-state index in [4.69, 9.17) is 31.5 Å². The molecule has 0 aromatic heterocycles. The first-order valence-electron chi connectivity index (χ1n) is 6.16. The fraction of sp³-hybridized carbons (Fsp3) is 0.500. The Morgan fingerprint density at radius 1 is 1.35 bits per heavy atom. The maximum Gasteiger partial charge on any atom is 0.341 e. The van der Waals surface area contributed by atoms with Crippen LogP contribution in [-0.2, 0) is 9.47 Å². The summed E-state index contributed by atoms with van der Waals surface area (Å²) >= 11 is 6.08. The summed E-state index contributed by atoms with van der Waals surface area (Å²) in [4.78, 5) is 11.7. The molecule has 0 atom stereocenters. The van der Waals surface area contributed by atoms with Crippen molar-refractivity contribution >= 4 is 23.3 Å². The Kier molecular flexibility index (Phi) is 5.65. The van der Waals surface area contributed by atoms with Gasteiger partial charge in [-0.2, -0.15) is 0 Å². The van der Waals surface area contributed by atoms with Crippen LogP contribution in [0.2, 0.25) is 5.02 Å². The van der Waals surface area contributed by atoms with E-state index in [1.54, 1.807) is 7.11 Å². The second-order valence-corrected chi connectivity index (χ2v) is 5.34. The number of methoxy groups -OCH3 is 2. The van der Waals surface area contributed by atoms with Crippen LogP contribution in [0.5, 0.6) is 5.75 Å². The number of esters is 1. The Morgan fingerprint density at radius 3 is 2.55 bits per heavy atom. The van der Waals surface area contributed by atoms with Crippen LogP contribution in [0.4, 0.5) is 5.69 Å². The molecule has 0 amide bonds. The summed E-state index contributed by atoms with van der Waals surface area (Å²) in [6.45, 7) is 4.25. The first kappa shape index (κ1) is 16.6. The second-order valence-electron chi connectivity index (χ2n) is 4.93. The molecule has 112 valence electrons. The van der Waals surface area contributed by atoms with Crippen LogP contribution in [0.15, 0.2) is 12.1 Å². The number of ether oxygens (including phenoxy) is 3. The largest absolute Gasteiger partial charge is 0.491 e. The monoisotopic (exact) mass is 301 g/mol. The normalized spacial score (nSPS) is 11.2. The summed E-state index contributed by atoms with van der Waals surface area (Å²) in [6.07, 6.45) is 0.644. The number of carbonyl (C=O) groups excluding carboxylic acids is 1. The van der Waals surface area contributed by atoms with Gasteiger partial charge in [-0.3, -0.25) is 0 Å². The second kappa shape index (κ2) is 6.81. The van der Waals surface area contributed by atoms with Gasteiger partial charge >= 0.3 is 5.97 Å². The minimum absolute atomic E-state index is 0.215. The number of rotatable bonds is 6. The van der Waals surface area contributed by atoms with E-state index >= 15 is 0 Å². The van der Waals surface area contributed by atoms with Gasteiger partial charge in [-0.05, 0) is 26.0 Å². The first-order valence-corrected chi connectivity index (χ1v) is 6.54. The van der Waals surface area contributed by atoms with E-state index in [1.807, 2.05) is 13.8 Å². The van der Waals surface area contributed by atoms with E-state index in [0.29, 0.717) is 18.7 Å². The standard InChI is InChI=1S/C14H20ClNO4/c1-14(2,19-4)5-6-20-12-10(13(17)18-3)7-9(16)8-11(12)15/h7-8H,5-6,16H2,1-4H3. The minimum atomic E-state index is -0.541. The Bertz CT molecular complexity index is 488. The van der Waals surface area contributed by atoms with Gasteiger partial charge in [-0.25, -0.2) is 4.79 Å². The SMILES string of the molecule is COC(=O)c1cc(N)cc(Cl)c1OCCC(C)(C)OC. The lowest BCUT2D eigenvalue weighted by Gasteiger charge is -2.23. The molecule has 20 heavy (non-hydrogen) atoms. The van der Waals surface area contributed by atoms with Gasteiger partial charge in [0, 0.05) is 19.2 Å². The fourth-order valence-corrected chi connectivity index (χ4v) is 1.81. The van der Waals surface area contributed by atoms with Crippen molar-refractivity contribution in [2.45, 2.75) is 25.9 Å². The molecule has 1 aromatic rings. The molecular weight excluding hydrogens is 282 g/mol. The Morgan fingerprint density at radius 2 is 2.00 bits per heavy atom. The molecule has 0 aliphatic heterocycles. The van der Waals surface area contributed by atoms with Crippen molar-refractivity contribution in [3.05, 3.63) is 22.7 Å². The molecule has 1 aromatic carbocycles. The number of hydrogen-bond acceptors (Lipinski definition) is 5. The molecule has 0 spiro atoms. The number of nitrogens with two attached hydrogens (primary N) is 1. The molecule has 0 unspecified atom stereocenters. The van der Waals surface area contributed by atoms with Crippen LogP contribution in [-0.4, -0.2) is 32.4 Å². The van der Waals surface area contributed by atoms with Crippen molar-refractivity contribution in [1.29, 1.82) is 0 Å². The van der Waals surface area contributed by atoms with Crippen LogP contribution in [0.3, 0.4) is 0 Å². The molecule has 1 rings (SSSR count). The topological polar surface area (TPSA) is 70.8 Å². The average Bonchev–Trinajstić information content (AvgIpc) is 2.39. The van der Waals surface area contributed by atoms with Gasteiger partial charge in [0.05, 0.1) is 24.3 Å². The van der Waals surface area contributed by atoms with Crippen molar-refractivity contribution in [3.8, 4) is 5.75 Å². The van der Waals surface area contributed by atoms with Gasteiger partial charge in [0.25, 0.3) is 0 Å². The fourth-order valence-electron chi connectivity index (χ4n) is 1.52. The maximum atomic E-state index is 11.7. The van der Waals surface area contributed by atoms with Crippen molar-refractivity contribution in [2.75, 3.05) is 26.6 Å². The van der Waals surface area contributed by atoms with Crippen molar-refractivity contribution in [3.63, 3.8) is 0 Å². The average molecular weight is 302 g/mol. The highest BCUT2D eigenvalue weighted by molar-refractivity contribution is 6.33. The molecular formula is C14H20ClNO4. The predicted molar refractivity (Wildman–Crippen MR) is 78.4 cm³/mol. The van der Waals surface area contributed by atoms with Gasteiger partial charge in [0.2, 0.25) is 0 Å². The Balaban J connectivity index is 2.91. The van der Waals surface area contributed by atoms with Gasteiger partial charge in [-0.15, -0.1) is 0 Å². The third-order valence-corrected chi connectivity index (χ3v) is 3.26. The van der Waals surface area contributed by atoms with E-state index in [-0.39, 0.29) is 21.9 Å². The zero-order chi connectivity index (χ0) is 15.3. The zero-order valence-electron chi connectivity index (χ0n) is 12.2. The maximum absolute atomic E-state index is 11.7. The summed E-state index contributed by atoms with van der Waals surface area (Å²) in [5.41, 5.74) is 5.95. The highest BCUT2D eigenvalue weighted by atomic mass is 35.5. The molecule has 5 nitrogen and oxygen atoms in total. The molecule has 0 radical (unpaired) electrons. The van der Waals surface area contributed by atoms with Gasteiger partial charge in [-0.1, -0.05) is 11.6 Å². The van der Waals surface area contributed by atoms with Crippen LogP contribution in [0.25, 0.3) is 0 Å².